The summed E-state index contributed by atoms with van der Waals surface area (Å²) in [6.45, 7) is 2.04. The van der Waals surface area contributed by atoms with Crippen molar-refractivity contribution in [3.05, 3.63) is 36.3 Å². The van der Waals surface area contributed by atoms with Gasteiger partial charge in [-0.3, -0.25) is 14.7 Å². The molecule has 1 amide bonds. The van der Waals surface area contributed by atoms with Crippen LogP contribution in [0.3, 0.4) is 0 Å². The van der Waals surface area contributed by atoms with Crippen molar-refractivity contribution in [2.24, 2.45) is 5.73 Å². The van der Waals surface area contributed by atoms with Gasteiger partial charge in [0.25, 0.3) is 0 Å². The highest BCUT2D eigenvalue weighted by atomic mass is 19.4. The zero-order valence-electron chi connectivity index (χ0n) is 13.8. The second-order valence-electron chi connectivity index (χ2n) is 5.90. The number of aromatic nitrogens is 3. The van der Waals surface area contributed by atoms with Gasteiger partial charge in [0.15, 0.2) is 11.5 Å². The number of rotatable bonds is 4. The number of piperazine rings is 1. The van der Waals surface area contributed by atoms with Crippen LogP contribution in [-0.4, -0.2) is 58.5 Å². The Kier molecular flexibility index (Phi) is 5.03. The lowest BCUT2D eigenvalue weighted by Crippen LogP contribution is -2.49. The molecule has 0 aromatic carbocycles. The summed E-state index contributed by atoms with van der Waals surface area (Å²) in [4.78, 5) is 26.4. The Labute approximate surface area is 147 Å². The smallest absolute Gasteiger partial charge is 0.369 e. The van der Waals surface area contributed by atoms with E-state index in [4.69, 9.17) is 5.73 Å². The fourth-order valence-corrected chi connectivity index (χ4v) is 2.73. The number of carbonyl (C=O) groups excluding carboxylic acids is 1. The number of primary amides is 1. The minimum atomic E-state index is -4.58. The number of halogens is 3. The monoisotopic (exact) mass is 366 g/mol. The number of alkyl halides is 3. The Hall–Kier alpha value is -2.75. The van der Waals surface area contributed by atoms with Gasteiger partial charge in [-0.1, -0.05) is 0 Å². The zero-order chi connectivity index (χ0) is 18.7. The zero-order valence-corrected chi connectivity index (χ0v) is 13.8. The van der Waals surface area contributed by atoms with Crippen LogP contribution < -0.4 is 10.6 Å². The predicted molar refractivity (Wildman–Crippen MR) is 88.1 cm³/mol. The number of hydrogen-bond acceptors (Lipinski definition) is 6. The van der Waals surface area contributed by atoms with Gasteiger partial charge in [-0.25, -0.2) is 9.97 Å². The molecule has 1 aliphatic rings. The van der Waals surface area contributed by atoms with Crippen molar-refractivity contribution < 1.29 is 18.0 Å². The number of pyridine rings is 1. The Bertz CT molecular complexity index is 775. The molecule has 26 heavy (non-hydrogen) atoms. The summed E-state index contributed by atoms with van der Waals surface area (Å²) in [6, 6.07) is 4.07. The fraction of sp³-hybridized carbons (Fsp3) is 0.375. The van der Waals surface area contributed by atoms with Crippen LogP contribution in [0.4, 0.5) is 19.0 Å². The molecule has 0 aliphatic carbocycles. The molecule has 138 valence electrons. The molecule has 2 aromatic rings. The van der Waals surface area contributed by atoms with Crippen LogP contribution in [0.5, 0.6) is 0 Å². The lowest BCUT2D eigenvalue weighted by molar-refractivity contribution is -0.141. The molecular formula is C16H17F3N6O. The lowest BCUT2D eigenvalue weighted by Gasteiger charge is -2.35. The van der Waals surface area contributed by atoms with Gasteiger partial charge < -0.3 is 10.6 Å². The normalized spacial score (nSPS) is 15.9. The van der Waals surface area contributed by atoms with E-state index in [1.165, 1.54) is 12.4 Å². The minimum absolute atomic E-state index is 0.00297. The number of amides is 1. The predicted octanol–water partition coefficient (Wildman–Crippen LogP) is 1.16. The van der Waals surface area contributed by atoms with E-state index in [-0.39, 0.29) is 18.2 Å². The average Bonchev–Trinajstić information content (AvgIpc) is 2.61. The number of carbonyl (C=O) groups is 1. The fourth-order valence-electron chi connectivity index (χ4n) is 2.73. The average molecular weight is 366 g/mol. The summed E-state index contributed by atoms with van der Waals surface area (Å²) >= 11 is 0. The third-order valence-corrected chi connectivity index (χ3v) is 4.02. The molecule has 0 bridgehead atoms. The molecule has 0 saturated carbocycles. The minimum Gasteiger partial charge on any atom is -0.369 e. The quantitative estimate of drug-likeness (QED) is 0.874. The van der Waals surface area contributed by atoms with Gasteiger partial charge in [0, 0.05) is 50.2 Å². The SMILES string of the molecule is NC(=O)CN1CCN(c2cc(C(F)(F)F)nc(-c3ccncc3)n2)CC1. The second-order valence-corrected chi connectivity index (χ2v) is 5.90. The van der Waals surface area contributed by atoms with Crippen molar-refractivity contribution in [1.29, 1.82) is 0 Å². The molecule has 2 N–H and O–H groups in total. The third-order valence-electron chi connectivity index (χ3n) is 4.02. The summed E-state index contributed by atoms with van der Waals surface area (Å²) in [5.74, 6) is -0.227. The molecule has 0 radical (unpaired) electrons. The van der Waals surface area contributed by atoms with Crippen LogP contribution in [0.25, 0.3) is 11.4 Å². The van der Waals surface area contributed by atoms with Gasteiger partial charge in [-0.2, -0.15) is 13.2 Å². The highest BCUT2D eigenvalue weighted by molar-refractivity contribution is 5.76. The third kappa shape index (κ3) is 4.26. The van der Waals surface area contributed by atoms with E-state index in [0.717, 1.165) is 6.07 Å². The first kappa shape index (κ1) is 18.1. The van der Waals surface area contributed by atoms with Crippen molar-refractivity contribution in [3.8, 4) is 11.4 Å². The number of anilines is 1. The molecule has 1 aliphatic heterocycles. The summed E-state index contributed by atoms with van der Waals surface area (Å²) in [7, 11) is 0. The molecular weight excluding hydrogens is 349 g/mol. The number of hydrogen-bond donors (Lipinski definition) is 1. The maximum absolute atomic E-state index is 13.3. The van der Waals surface area contributed by atoms with Gasteiger partial charge in [0.1, 0.15) is 5.82 Å². The Morgan fingerprint density at radius 2 is 1.77 bits per heavy atom. The molecule has 7 nitrogen and oxygen atoms in total. The van der Waals surface area contributed by atoms with Gasteiger partial charge in [-0.15, -0.1) is 0 Å². The first-order chi connectivity index (χ1) is 12.3. The number of nitrogens with zero attached hydrogens (tertiary/aromatic N) is 5. The van der Waals surface area contributed by atoms with Crippen molar-refractivity contribution >= 4 is 11.7 Å². The maximum atomic E-state index is 13.3. The van der Waals surface area contributed by atoms with Crippen LogP contribution in [-0.2, 0) is 11.0 Å². The van der Waals surface area contributed by atoms with Gasteiger partial charge in [0.05, 0.1) is 6.54 Å². The molecule has 1 saturated heterocycles. The van der Waals surface area contributed by atoms with Crippen LogP contribution in [0, 0.1) is 0 Å². The van der Waals surface area contributed by atoms with E-state index in [2.05, 4.69) is 15.0 Å². The van der Waals surface area contributed by atoms with E-state index >= 15 is 0 Å². The topological polar surface area (TPSA) is 88.2 Å². The highest BCUT2D eigenvalue weighted by Gasteiger charge is 2.34. The second kappa shape index (κ2) is 7.24. The van der Waals surface area contributed by atoms with Crippen LogP contribution in [0.1, 0.15) is 5.69 Å². The van der Waals surface area contributed by atoms with Crippen LogP contribution in [0.2, 0.25) is 0 Å². The molecule has 1 fully saturated rings. The van der Waals surface area contributed by atoms with Crippen molar-refractivity contribution in [3.63, 3.8) is 0 Å². The molecule has 3 rings (SSSR count). The van der Waals surface area contributed by atoms with E-state index in [0.29, 0.717) is 31.7 Å². The lowest BCUT2D eigenvalue weighted by atomic mass is 10.2. The summed E-state index contributed by atoms with van der Waals surface area (Å²) in [5.41, 5.74) is 4.64. The Morgan fingerprint density at radius 1 is 1.12 bits per heavy atom. The molecule has 10 heteroatoms. The molecule has 2 aromatic heterocycles. The van der Waals surface area contributed by atoms with Gasteiger partial charge >= 0.3 is 6.18 Å². The first-order valence-corrected chi connectivity index (χ1v) is 7.95. The van der Waals surface area contributed by atoms with Gasteiger partial charge in [-0.05, 0) is 12.1 Å². The first-order valence-electron chi connectivity index (χ1n) is 7.95. The van der Waals surface area contributed by atoms with Crippen molar-refractivity contribution in [1.82, 2.24) is 19.9 Å². The summed E-state index contributed by atoms with van der Waals surface area (Å²) < 4.78 is 39.8. The Morgan fingerprint density at radius 3 is 2.35 bits per heavy atom. The van der Waals surface area contributed by atoms with Gasteiger partial charge in [0.2, 0.25) is 5.91 Å². The van der Waals surface area contributed by atoms with E-state index in [1.807, 2.05) is 4.90 Å². The largest absolute Gasteiger partial charge is 0.433 e. The Balaban J connectivity index is 1.88. The molecule has 0 spiro atoms. The molecule has 0 atom stereocenters. The summed E-state index contributed by atoms with van der Waals surface area (Å²) in [6.07, 6.45) is -1.63. The highest BCUT2D eigenvalue weighted by Crippen LogP contribution is 2.31. The molecule has 3 heterocycles. The van der Waals surface area contributed by atoms with E-state index in [1.54, 1.807) is 17.0 Å². The van der Waals surface area contributed by atoms with E-state index < -0.39 is 17.8 Å². The number of nitrogens with two attached hydrogens (primary N) is 1. The van der Waals surface area contributed by atoms with Crippen LogP contribution >= 0.6 is 0 Å². The summed E-state index contributed by atoms with van der Waals surface area (Å²) in [5, 5.41) is 0. The van der Waals surface area contributed by atoms with Crippen molar-refractivity contribution in [2.75, 3.05) is 37.6 Å². The maximum Gasteiger partial charge on any atom is 0.433 e. The van der Waals surface area contributed by atoms with E-state index in [9.17, 15) is 18.0 Å². The van der Waals surface area contributed by atoms with Crippen molar-refractivity contribution in [2.45, 2.75) is 6.18 Å². The van der Waals surface area contributed by atoms with Crippen LogP contribution in [0.15, 0.2) is 30.6 Å². The standard InChI is InChI=1S/C16H17F3N6O/c17-16(18,19)12-9-14(23-15(22-12)11-1-3-21-4-2-11)25-7-5-24(6-8-25)10-13(20)26/h1-4,9H,5-8,10H2,(H2,20,26). The molecule has 0 unspecified atom stereocenters.